The average Bonchev–Trinajstić information content (AvgIpc) is 2.54. The molecule has 5 heteroatoms. The average molecular weight is 319 g/mol. The molecule has 0 spiro atoms. The van der Waals surface area contributed by atoms with Crippen LogP contribution in [0.1, 0.15) is 6.92 Å². The highest BCUT2D eigenvalue weighted by atomic mass is 32.2. The van der Waals surface area contributed by atoms with Crippen molar-refractivity contribution in [3.63, 3.8) is 0 Å². The molecular weight excluding hydrogens is 301 g/mol. The molecule has 3 nitrogen and oxygen atoms in total. The van der Waals surface area contributed by atoms with Gasteiger partial charge >= 0.3 is 0 Å². The molecule has 0 heterocycles. The molecule has 2 rings (SSSR count). The van der Waals surface area contributed by atoms with E-state index in [1.54, 1.807) is 25.1 Å². The topological polar surface area (TPSA) is 38.3 Å². The maximum absolute atomic E-state index is 13.5. The van der Waals surface area contributed by atoms with Gasteiger partial charge in [-0.25, -0.2) is 4.39 Å². The normalized spacial score (nSPS) is 11.7. The highest BCUT2D eigenvalue weighted by molar-refractivity contribution is 8.00. The number of hydrogen-bond donors (Lipinski definition) is 1. The minimum Gasteiger partial charge on any atom is -0.493 e. The number of anilines is 1. The summed E-state index contributed by atoms with van der Waals surface area (Å²) in [5.41, 5.74) is 0.209. The Hall–Kier alpha value is -2.01. The van der Waals surface area contributed by atoms with Gasteiger partial charge in [0.1, 0.15) is 11.6 Å². The molecule has 1 atom stereocenters. The monoisotopic (exact) mass is 319 g/mol. The molecular formula is C17H18FNO2S. The van der Waals surface area contributed by atoms with E-state index < -0.39 is 5.82 Å². The molecule has 1 N–H and O–H groups in total. The summed E-state index contributed by atoms with van der Waals surface area (Å²) in [6, 6.07) is 15.7. The van der Waals surface area contributed by atoms with E-state index in [2.05, 4.69) is 5.32 Å². The van der Waals surface area contributed by atoms with Crippen LogP contribution in [0.25, 0.3) is 0 Å². The second-order valence-electron chi connectivity index (χ2n) is 4.64. The van der Waals surface area contributed by atoms with Crippen LogP contribution in [0.3, 0.4) is 0 Å². The minimum absolute atomic E-state index is 0.209. The standard InChI is InChI=1S/C17H18FNO2S/c1-13(17(20)19-16-10-6-5-9-15(16)18)22-12-11-21-14-7-3-2-4-8-14/h2-10,13H,11-12H2,1H3,(H,19,20)/t13-/m0/s1. The van der Waals surface area contributed by atoms with Gasteiger partial charge in [-0.1, -0.05) is 30.3 Å². The Morgan fingerprint density at radius 3 is 2.59 bits per heavy atom. The van der Waals surface area contributed by atoms with Gasteiger partial charge < -0.3 is 10.1 Å². The lowest BCUT2D eigenvalue weighted by atomic mass is 10.3. The van der Waals surface area contributed by atoms with E-state index in [9.17, 15) is 9.18 Å². The van der Waals surface area contributed by atoms with Crippen LogP contribution >= 0.6 is 11.8 Å². The summed E-state index contributed by atoms with van der Waals surface area (Å²) >= 11 is 1.47. The molecule has 2 aromatic carbocycles. The molecule has 116 valence electrons. The van der Waals surface area contributed by atoms with E-state index in [0.717, 1.165) is 5.75 Å². The van der Waals surface area contributed by atoms with E-state index >= 15 is 0 Å². The molecule has 0 aliphatic heterocycles. The Morgan fingerprint density at radius 1 is 1.18 bits per heavy atom. The lowest BCUT2D eigenvalue weighted by molar-refractivity contribution is -0.115. The van der Waals surface area contributed by atoms with Gasteiger partial charge in [0.05, 0.1) is 17.5 Å². The number of rotatable bonds is 7. The van der Waals surface area contributed by atoms with E-state index in [-0.39, 0.29) is 16.8 Å². The molecule has 0 radical (unpaired) electrons. The number of para-hydroxylation sites is 2. The number of ether oxygens (including phenoxy) is 1. The Balaban J connectivity index is 1.71. The van der Waals surface area contributed by atoms with Gasteiger partial charge in [0.15, 0.2) is 0 Å². The number of amides is 1. The summed E-state index contributed by atoms with van der Waals surface area (Å²) in [4.78, 5) is 12.0. The van der Waals surface area contributed by atoms with E-state index in [1.807, 2.05) is 30.3 Å². The zero-order valence-electron chi connectivity index (χ0n) is 12.3. The van der Waals surface area contributed by atoms with Gasteiger partial charge in [-0.15, -0.1) is 11.8 Å². The summed E-state index contributed by atoms with van der Waals surface area (Å²) in [6.45, 7) is 2.31. The molecule has 0 aliphatic carbocycles. The van der Waals surface area contributed by atoms with Crippen LogP contribution in [0.5, 0.6) is 5.75 Å². The quantitative estimate of drug-likeness (QED) is 0.785. The second kappa shape index (κ2) is 8.44. The predicted octanol–water partition coefficient (Wildman–Crippen LogP) is 3.96. The first-order chi connectivity index (χ1) is 10.7. The Bertz CT molecular complexity index is 607. The van der Waals surface area contributed by atoms with Crippen LogP contribution in [0, 0.1) is 5.82 Å². The predicted molar refractivity (Wildman–Crippen MR) is 88.9 cm³/mol. The zero-order valence-corrected chi connectivity index (χ0v) is 13.1. The van der Waals surface area contributed by atoms with Crippen molar-refractivity contribution in [2.45, 2.75) is 12.2 Å². The first kappa shape index (κ1) is 16.4. The lowest BCUT2D eigenvalue weighted by Crippen LogP contribution is -2.24. The molecule has 2 aromatic rings. The van der Waals surface area contributed by atoms with E-state index in [1.165, 1.54) is 17.8 Å². The van der Waals surface area contributed by atoms with Gasteiger partial charge in [0, 0.05) is 5.75 Å². The molecule has 22 heavy (non-hydrogen) atoms. The molecule has 0 saturated heterocycles. The number of benzene rings is 2. The Labute approximate surface area is 133 Å². The Kier molecular flexibility index (Phi) is 6.27. The number of halogens is 1. The third-order valence-electron chi connectivity index (χ3n) is 2.96. The zero-order chi connectivity index (χ0) is 15.8. The van der Waals surface area contributed by atoms with Crippen LogP contribution in [0.15, 0.2) is 54.6 Å². The van der Waals surface area contributed by atoms with Crippen molar-refractivity contribution in [3.8, 4) is 5.75 Å². The number of thioether (sulfide) groups is 1. The number of carbonyl (C=O) groups is 1. The van der Waals surface area contributed by atoms with Crippen molar-refractivity contribution in [2.75, 3.05) is 17.7 Å². The molecule has 0 fully saturated rings. The fourth-order valence-electron chi connectivity index (χ4n) is 1.77. The summed E-state index contributed by atoms with van der Waals surface area (Å²) in [7, 11) is 0. The summed E-state index contributed by atoms with van der Waals surface area (Å²) in [5, 5.41) is 2.31. The van der Waals surface area contributed by atoms with Gasteiger partial charge in [-0.2, -0.15) is 0 Å². The summed E-state index contributed by atoms with van der Waals surface area (Å²) in [6.07, 6.45) is 0. The molecule has 0 aromatic heterocycles. The van der Waals surface area contributed by atoms with Crippen molar-refractivity contribution in [1.82, 2.24) is 0 Å². The van der Waals surface area contributed by atoms with E-state index in [0.29, 0.717) is 12.4 Å². The highest BCUT2D eigenvalue weighted by Gasteiger charge is 2.14. The van der Waals surface area contributed by atoms with Crippen LogP contribution in [0.2, 0.25) is 0 Å². The molecule has 0 aliphatic rings. The summed E-state index contributed by atoms with van der Waals surface area (Å²) in [5.74, 6) is 0.850. The highest BCUT2D eigenvalue weighted by Crippen LogP contribution is 2.17. The van der Waals surface area contributed by atoms with Gasteiger partial charge in [-0.3, -0.25) is 4.79 Å². The lowest BCUT2D eigenvalue weighted by Gasteiger charge is -2.13. The number of nitrogens with one attached hydrogen (secondary N) is 1. The van der Waals surface area contributed by atoms with Crippen LogP contribution < -0.4 is 10.1 Å². The third kappa shape index (κ3) is 5.07. The fraction of sp³-hybridized carbons (Fsp3) is 0.235. The van der Waals surface area contributed by atoms with E-state index in [4.69, 9.17) is 4.74 Å². The van der Waals surface area contributed by atoms with Crippen molar-refractivity contribution in [1.29, 1.82) is 0 Å². The first-order valence-electron chi connectivity index (χ1n) is 7.01. The molecule has 0 saturated carbocycles. The smallest absolute Gasteiger partial charge is 0.237 e. The molecule has 1 amide bonds. The Morgan fingerprint density at radius 2 is 1.86 bits per heavy atom. The number of hydrogen-bond acceptors (Lipinski definition) is 3. The molecule has 0 unspecified atom stereocenters. The van der Waals surface area contributed by atoms with Crippen molar-refractivity contribution in [3.05, 3.63) is 60.4 Å². The number of carbonyl (C=O) groups excluding carboxylic acids is 1. The maximum atomic E-state index is 13.5. The van der Waals surface area contributed by atoms with Crippen molar-refractivity contribution >= 4 is 23.4 Å². The van der Waals surface area contributed by atoms with Crippen LogP contribution in [-0.2, 0) is 4.79 Å². The maximum Gasteiger partial charge on any atom is 0.237 e. The first-order valence-corrected chi connectivity index (χ1v) is 8.06. The molecule has 0 bridgehead atoms. The summed E-state index contributed by atoms with van der Waals surface area (Å²) < 4.78 is 19.0. The third-order valence-corrected chi connectivity index (χ3v) is 4.08. The van der Waals surface area contributed by atoms with Gasteiger partial charge in [-0.05, 0) is 31.2 Å². The largest absolute Gasteiger partial charge is 0.493 e. The fourth-order valence-corrected chi connectivity index (χ4v) is 2.52. The SMILES string of the molecule is C[C@H](SCCOc1ccccc1)C(=O)Nc1ccccc1F. The van der Waals surface area contributed by atoms with Crippen LogP contribution in [0.4, 0.5) is 10.1 Å². The van der Waals surface area contributed by atoms with Gasteiger partial charge in [0.25, 0.3) is 0 Å². The van der Waals surface area contributed by atoms with Crippen LogP contribution in [-0.4, -0.2) is 23.5 Å². The van der Waals surface area contributed by atoms with Crippen molar-refractivity contribution in [2.24, 2.45) is 0 Å². The minimum atomic E-state index is -0.430. The van der Waals surface area contributed by atoms with Gasteiger partial charge in [0.2, 0.25) is 5.91 Å². The van der Waals surface area contributed by atoms with Crippen molar-refractivity contribution < 1.29 is 13.9 Å². The second-order valence-corrected chi connectivity index (χ2v) is 6.09.